The fraction of sp³-hybridized carbons (Fsp3) is 0.400. The predicted molar refractivity (Wildman–Crippen MR) is 86.1 cm³/mol. The van der Waals surface area contributed by atoms with Crippen LogP contribution in [0.2, 0.25) is 0 Å². The molecule has 0 saturated heterocycles. The second-order valence-electron chi connectivity index (χ2n) is 5.49. The average molecular weight is 381 g/mol. The van der Waals surface area contributed by atoms with Crippen molar-refractivity contribution < 1.29 is 14.6 Å². The lowest BCUT2D eigenvalue weighted by atomic mass is 10.1. The lowest BCUT2D eigenvalue weighted by Crippen LogP contribution is -2.47. The van der Waals surface area contributed by atoms with Crippen molar-refractivity contribution in [2.75, 3.05) is 7.11 Å². The van der Waals surface area contributed by atoms with Crippen LogP contribution in [0, 0.1) is 6.92 Å². The molecule has 1 aliphatic rings. The first kappa shape index (κ1) is 15.9. The highest BCUT2D eigenvalue weighted by Crippen LogP contribution is 2.27. The number of aliphatic carboxylic acids is 1. The Morgan fingerprint density at radius 3 is 2.91 bits per heavy atom. The Hall–Kier alpha value is -1.93. The van der Waals surface area contributed by atoms with E-state index in [0.717, 1.165) is 27.4 Å². The highest BCUT2D eigenvalue weighted by molar-refractivity contribution is 9.10. The van der Waals surface area contributed by atoms with E-state index in [0.29, 0.717) is 19.6 Å². The molecular weight excluding hydrogens is 364 g/mol. The fourth-order valence-corrected chi connectivity index (χ4v) is 3.25. The molecule has 0 spiro atoms. The van der Waals surface area contributed by atoms with Crippen molar-refractivity contribution in [3.05, 3.63) is 39.9 Å². The van der Waals surface area contributed by atoms with Gasteiger partial charge in [0.15, 0.2) is 0 Å². The molecule has 2 aromatic rings. The van der Waals surface area contributed by atoms with Crippen LogP contribution in [-0.4, -0.2) is 43.9 Å². The van der Waals surface area contributed by atoms with E-state index in [1.165, 1.54) is 0 Å². The van der Waals surface area contributed by atoms with Crippen molar-refractivity contribution in [3.8, 4) is 5.75 Å². The van der Waals surface area contributed by atoms with E-state index >= 15 is 0 Å². The van der Waals surface area contributed by atoms with Crippen LogP contribution in [0.25, 0.3) is 0 Å². The van der Waals surface area contributed by atoms with Gasteiger partial charge < -0.3 is 14.4 Å². The summed E-state index contributed by atoms with van der Waals surface area (Å²) < 4.78 is 7.96. The largest absolute Gasteiger partial charge is 0.497 e. The van der Waals surface area contributed by atoms with Crippen LogP contribution in [-0.2, 0) is 24.4 Å². The number of ether oxygens (including phenoxy) is 1. The normalized spacial score (nSPS) is 17.8. The molecule has 23 heavy (non-hydrogen) atoms. The number of rotatable bonds is 4. The number of methoxy groups -OCH3 is 1. The molecule has 0 fully saturated rings. The molecule has 0 bridgehead atoms. The number of carbonyl (C=O) groups is 1. The van der Waals surface area contributed by atoms with Crippen molar-refractivity contribution in [3.63, 3.8) is 0 Å². The van der Waals surface area contributed by atoms with E-state index in [4.69, 9.17) is 4.74 Å². The van der Waals surface area contributed by atoms with Crippen molar-refractivity contribution >= 4 is 21.9 Å². The highest BCUT2D eigenvalue weighted by atomic mass is 79.9. The number of aryl methyl sites for hydroxylation is 1. The Kier molecular flexibility index (Phi) is 4.36. The third-order valence-electron chi connectivity index (χ3n) is 4.07. The summed E-state index contributed by atoms with van der Waals surface area (Å²) in [5.74, 6) is 1.46. The Labute approximate surface area is 142 Å². The summed E-state index contributed by atoms with van der Waals surface area (Å²) in [5, 5.41) is 17.7. The summed E-state index contributed by atoms with van der Waals surface area (Å²) in [6, 6.07) is 5.08. The average Bonchev–Trinajstić information content (AvgIpc) is 2.89. The molecule has 1 unspecified atom stereocenters. The zero-order valence-corrected chi connectivity index (χ0v) is 14.4. The van der Waals surface area contributed by atoms with Crippen LogP contribution in [0.4, 0.5) is 0 Å². The standard InChI is InChI=1S/C15H17BrN4O3/c1-9-17-18-14-8-19(13(15(21)22)7-20(9)14)6-10-3-4-11(23-2)5-12(10)16/h3-5,13H,6-8H2,1-2H3,(H,21,22). The topological polar surface area (TPSA) is 80.5 Å². The second kappa shape index (κ2) is 6.29. The molecule has 0 amide bonds. The molecule has 8 heteroatoms. The van der Waals surface area contributed by atoms with Crippen molar-refractivity contribution in [2.45, 2.75) is 32.6 Å². The molecule has 122 valence electrons. The highest BCUT2D eigenvalue weighted by Gasteiger charge is 2.33. The van der Waals surface area contributed by atoms with Gasteiger partial charge in [-0.05, 0) is 24.6 Å². The van der Waals surface area contributed by atoms with E-state index in [-0.39, 0.29) is 0 Å². The van der Waals surface area contributed by atoms with Crippen LogP contribution >= 0.6 is 15.9 Å². The summed E-state index contributed by atoms with van der Waals surface area (Å²) in [6.45, 7) is 3.16. The zero-order chi connectivity index (χ0) is 16.6. The van der Waals surface area contributed by atoms with Crippen molar-refractivity contribution in [2.24, 2.45) is 0 Å². The van der Waals surface area contributed by atoms with E-state index < -0.39 is 12.0 Å². The zero-order valence-electron chi connectivity index (χ0n) is 12.9. The fourth-order valence-electron chi connectivity index (χ4n) is 2.76. The second-order valence-corrected chi connectivity index (χ2v) is 6.34. The number of benzene rings is 1. The number of hydrogen-bond donors (Lipinski definition) is 1. The van der Waals surface area contributed by atoms with Gasteiger partial charge in [0.05, 0.1) is 20.2 Å². The number of hydrogen-bond acceptors (Lipinski definition) is 5. The smallest absolute Gasteiger partial charge is 0.322 e. The Morgan fingerprint density at radius 2 is 2.26 bits per heavy atom. The Bertz CT molecular complexity index is 746. The maximum Gasteiger partial charge on any atom is 0.322 e. The third-order valence-corrected chi connectivity index (χ3v) is 4.81. The van der Waals surface area contributed by atoms with Gasteiger partial charge in [-0.25, -0.2) is 0 Å². The molecule has 0 aliphatic carbocycles. The van der Waals surface area contributed by atoms with Crippen LogP contribution in [0.3, 0.4) is 0 Å². The number of halogens is 1. The summed E-state index contributed by atoms with van der Waals surface area (Å²) in [7, 11) is 1.61. The Morgan fingerprint density at radius 1 is 1.48 bits per heavy atom. The molecule has 0 radical (unpaired) electrons. The predicted octanol–water partition coefficient (Wildman–Crippen LogP) is 1.83. The molecule has 0 saturated carbocycles. The maximum absolute atomic E-state index is 11.7. The molecule has 1 atom stereocenters. The number of fused-ring (bicyclic) bond motifs is 1. The van der Waals surface area contributed by atoms with Gasteiger partial charge in [-0.1, -0.05) is 22.0 Å². The van der Waals surface area contributed by atoms with Gasteiger partial charge >= 0.3 is 5.97 Å². The minimum atomic E-state index is -0.839. The number of nitrogens with zero attached hydrogens (tertiary/aromatic N) is 4. The SMILES string of the molecule is COc1ccc(CN2Cc3nnc(C)n3CC2C(=O)O)c(Br)c1. The summed E-state index contributed by atoms with van der Waals surface area (Å²) in [6.07, 6.45) is 0. The molecule has 7 nitrogen and oxygen atoms in total. The van der Waals surface area contributed by atoms with Gasteiger partial charge in [-0.15, -0.1) is 10.2 Å². The van der Waals surface area contributed by atoms with Crippen LogP contribution in [0.5, 0.6) is 5.75 Å². The monoisotopic (exact) mass is 380 g/mol. The first-order valence-corrected chi connectivity index (χ1v) is 7.97. The molecule has 3 rings (SSSR count). The van der Waals surface area contributed by atoms with E-state index in [2.05, 4.69) is 26.1 Å². The lowest BCUT2D eigenvalue weighted by molar-refractivity contribution is -0.145. The van der Waals surface area contributed by atoms with Crippen LogP contribution in [0.1, 0.15) is 17.2 Å². The molecule has 1 aliphatic heterocycles. The lowest BCUT2D eigenvalue weighted by Gasteiger charge is -2.33. The summed E-state index contributed by atoms with van der Waals surface area (Å²) in [4.78, 5) is 13.6. The van der Waals surface area contributed by atoms with E-state index in [1.807, 2.05) is 34.6 Å². The van der Waals surface area contributed by atoms with Crippen molar-refractivity contribution in [1.82, 2.24) is 19.7 Å². The minimum absolute atomic E-state index is 0.358. The van der Waals surface area contributed by atoms with Gasteiger partial charge in [0.2, 0.25) is 0 Å². The van der Waals surface area contributed by atoms with Gasteiger partial charge in [-0.2, -0.15) is 0 Å². The van der Waals surface area contributed by atoms with Crippen LogP contribution < -0.4 is 4.74 Å². The number of carboxylic acids is 1. The molecule has 1 N–H and O–H groups in total. The molecule has 1 aromatic carbocycles. The quantitative estimate of drug-likeness (QED) is 0.871. The first-order chi connectivity index (χ1) is 11.0. The molecular formula is C15H17BrN4O3. The van der Waals surface area contributed by atoms with Gasteiger partial charge in [0.1, 0.15) is 23.4 Å². The van der Waals surface area contributed by atoms with Crippen LogP contribution in [0.15, 0.2) is 22.7 Å². The molecule has 2 heterocycles. The summed E-state index contributed by atoms with van der Waals surface area (Å²) in [5.41, 5.74) is 1.00. The van der Waals surface area contributed by atoms with Gasteiger partial charge in [0, 0.05) is 11.0 Å². The Balaban J connectivity index is 1.87. The maximum atomic E-state index is 11.7. The third kappa shape index (κ3) is 3.09. The summed E-state index contributed by atoms with van der Waals surface area (Å²) >= 11 is 3.52. The molecule has 1 aromatic heterocycles. The minimum Gasteiger partial charge on any atom is -0.497 e. The number of carboxylic acid groups (broad SMARTS) is 1. The van der Waals surface area contributed by atoms with E-state index in [1.54, 1.807) is 7.11 Å². The number of aromatic nitrogens is 3. The van der Waals surface area contributed by atoms with Gasteiger partial charge in [-0.3, -0.25) is 9.69 Å². The van der Waals surface area contributed by atoms with Crippen molar-refractivity contribution in [1.29, 1.82) is 0 Å². The first-order valence-electron chi connectivity index (χ1n) is 7.17. The van der Waals surface area contributed by atoms with E-state index in [9.17, 15) is 9.90 Å². The van der Waals surface area contributed by atoms with Gasteiger partial charge in [0.25, 0.3) is 0 Å².